The van der Waals surface area contributed by atoms with Gasteiger partial charge in [0.2, 0.25) is 0 Å². The Bertz CT molecular complexity index is 122. The first-order valence-corrected chi connectivity index (χ1v) is 3.78. The summed E-state index contributed by atoms with van der Waals surface area (Å²) in [5.41, 5.74) is 1.35. The topological polar surface area (TPSA) is 47.7 Å². The van der Waals surface area contributed by atoms with Crippen molar-refractivity contribution in [2.75, 3.05) is 0 Å². The molecule has 0 radical (unpaired) electrons. The molecule has 0 atom stereocenters. The number of hydrogen-bond acceptors (Lipinski definition) is 2. The molecule has 0 aliphatic carbocycles. The largest absolute Gasteiger partial charge is 0.309 e. The summed E-state index contributed by atoms with van der Waals surface area (Å²) in [6.45, 7) is 5.85. The van der Waals surface area contributed by atoms with Crippen molar-refractivity contribution in [2.24, 2.45) is 5.92 Å². The van der Waals surface area contributed by atoms with Gasteiger partial charge >= 0.3 is 0 Å². The first-order valence-electron chi connectivity index (χ1n) is 3.78. The maximum Gasteiger partial charge on any atom is 0.0315 e. The van der Waals surface area contributed by atoms with Crippen LogP contribution in [-0.2, 0) is 0 Å². The van der Waals surface area contributed by atoms with E-state index in [2.05, 4.69) is 0 Å². The molecule has 0 aromatic rings. The van der Waals surface area contributed by atoms with E-state index in [1.807, 2.05) is 20.8 Å². The number of hydrogen-bond donors (Lipinski definition) is 2. The molecule has 0 bridgehead atoms. The van der Waals surface area contributed by atoms with Crippen molar-refractivity contribution in [3.05, 3.63) is 0 Å². The molecule has 0 aromatic carbocycles. The highest BCUT2D eigenvalue weighted by Crippen LogP contribution is 2.04. The van der Waals surface area contributed by atoms with E-state index < -0.39 is 0 Å². The van der Waals surface area contributed by atoms with Crippen LogP contribution in [0.15, 0.2) is 0 Å². The molecule has 0 aliphatic rings. The molecule has 2 heteroatoms. The van der Waals surface area contributed by atoms with Gasteiger partial charge < -0.3 is 10.8 Å². The van der Waals surface area contributed by atoms with Crippen molar-refractivity contribution in [1.29, 1.82) is 10.8 Å². The van der Waals surface area contributed by atoms with Crippen molar-refractivity contribution in [2.45, 2.75) is 33.6 Å². The summed E-state index contributed by atoms with van der Waals surface area (Å²) < 4.78 is 0. The van der Waals surface area contributed by atoms with Crippen molar-refractivity contribution in [3.8, 4) is 0 Å². The Kier molecular flexibility index (Phi) is 3.93. The molecular formula is C8H16N2. The summed E-state index contributed by atoms with van der Waals surface area (Å²) in [4.78, 5) is 0. The molecular weight excluding hydrogens is 124 g/mol. The predicted octanol–water partition coefficient (Wildman–Crippen LogP) is 2.48. The van der Waals surface area contributed by atoms with Crippen LogP contribution in [0.4, 0.5) is 0 Å². The third kappa shape index (κ3) is 2.29. The Hall–Kier alpha value is -0.660. The fraction of sp³-hybridized carbons (Fsp3) is 0.750. The third-order valence-electron chi connectivity index (χ3n) is 1.81. The van der Waals surface area contributed by atoms with E-state index >= 15 is 0 Å². The van der Waals surface area contributed by atoms with Gasteiger partial charge in [0.1, 0.15) is 0 Å². The maximum atomic E-state index is 7.44. The lowest BCUT2D eigenvalue weighted by molar-refractivity contribution is 0.945. The van der Waals surface area contributed by atoms with Crippen LogP contribution in [0.5, 0.6) is 0 Å². The summed E-state index contributed by atoms with van der Waals surface area (Å²) >= 11 is 0. The van der Waals surface area contributed by atoms with Crippen LogP contribution >= 0.6 is 0 Å². The van der Waals surface area contributed by atoms with Gasteiger partial charge in [-0.05, 0) is 12.8 Å². The molecule has 2 N–H and O–H groups in total. The van der Waals surface area contributed by atoms with Crippen molar-refractivity contribution >= 4 is 11.4 Å². The zero-order valence-corrected chi connectivity index (χ0v) is 6.99. The summed E-state index contributed by atoms with van der Waals surface area (Å²) in [6, 6.07) is 0. The van der Waals surface area contributed by atoms with E-state index in [0.29, 0.717) is 11.4 Å². The monoisotopic (exact) mass is 140 g/mol. The Labute approximate surface area is 62.7 Å². The maximum absolute atomic E-state index is 7.44. The highest BCUT2D eigenvalue weighted by Gasteiger charge is 2.09. The average Bonchev–Trinajstić information content (AvgIpc) is 2.00. The molecule has 0 saturated heterocycles. The molecule has 58 valence electrons. The fourth-order valence-electron chi connectivity index (χ4n) is 0.823. The van der Waals surface area contributed by atoms with Gasteiger partial charge in [-0.3, -0.25) is 0 Å². The van der Waals surface area contributed by atoms with Crippen LogP contribution in [-0.4, -0.2) is 11.4 Å². The zero-order chi connectivity index (χ0) is 8.15. The Morgan fingerprint density at radius 2 is 1.40 bits per heavy atom. The van der Waals surface area contributed by atoms with E-state index in [1.54, 1.807) is 0 Å². The minimum Gasteiger partial charge on any atom is -0.309 e. The number of rotatable bonds is 4. The molecule has 2 nitrogen and oxygen atoms in total. The molecule has 0 spiro atoms. The highest BCUT2D eigenvalue weighted by molar-refractivity contribution is 6.04. The van der Waals surface area contributed by atoms with Gasteiger partial charge in [0, 0.05) is 17.3 Å². The Morgan fingerprint density at radius 1 is 1.10 bits per heavy atom. The Morgan fingerprint density at radius 3 is 1.60 bits per heavy atom. The van der Waals surface area contributed by atoms with E-state index in [0.717, 1.165) is 12.8 Å². The lowest BCUT2D eigenvalue weighted by atomic mass is 9.96. The fourth-order valence-corrected chi connectivity index (χ4v) is 0.823. The van der Waals surface area contributed by atoms with Crippen LogP contribution in [0, 0.1) is 16.7 Å². The van der Waals surface area contributed by atoms with Crippen molar-refractivity contribution < 1.29 is 0 Å². The zero-order valence-electron chi connectivity index (χ0n) is 6.99. The first kappa shape index (κ1) is 9.34. The lowest BCUT2D eigenvalue weighted by Gasteiger charge is -2.10. The van der Waals surface area contributed by atoms with Gasteiger partial charge in [-0.15, -0.1) is 0 Å². The van der Waals surface area contributed by atoms with E-state index in [1.165, 1.54) is 0 Å². The molecule has 0 heterocycles. The van der Waals surface area contributed by atoms with E-state index in [9.17, 15) is 0 Å². The molecule has 0 rings (SSSR count). The second-order valence-electron chi connectivity index (χ2n) is 2.48. The minimum absolute atomic E-state index is 0.0648. The van der Waals surface area contributed by atoms with Crippen LogP contribution in [0.2, 0.25) is 0 Å². The van der Waals surface area contributed by atoms with Gasteiger partial charge in [-0.1, -0.05) is 20.8 Å². The lowest BCUT2D eigenvalue weighted by Crippen LogP contribution is -2.17. The van der Waals surface area contributed by atoms with Crippen LogP contribution in [0.1, 0.15) is 33.6 Å². The van der Waals surface area contributed by atoms with E-state index in [-0.39, 0.29) is 5.92 Å². The summed E-state index contributed by atoms with van der Waals surface area (Å²) in [5, 5.41) is 14.9. The molecule has 0 unspecified atom stereocenters. The van der Waals surface area contributed by atoms with Crippen molar-refractivity contribution in [3.63, 3.8) is 0 Å². The SMILES string of the molecule is CCC(=N)C(C)C(=N)CC. The Balaban J connectivity index is 3.94. The number of nitrogens with one attached hydrogen (secondary N) is 2. The molecule has 10 heavy (non-hydrogen) atoms. The second kappa shape index (κ2) is 4.20. The highest BCUT2D eigenvalue weighted by atomic mass is 14.5. The molecule has 0 fully saturated rings. The van der Waals surface area contributed by atoms with Gasteiger partial charge in [0.25, 0.3) is 0 Å². The molecule has 0 amide bonds. The normalized spacial score (nSPS) is 12.7. The standard InChI is InChI=1S/C8H16N2/c1-4-7(9)6(3)8(10)5-2/h6,9-10H,4-5H2,1-3H3. The van der Waals surface area contributed by atoms with Gasteiger partial charge in [-0.25, -0.2) is 0 Å². The second-order valence-corrected chi connectivity index (χ2v) is 2.48. The summed E-state index contributed by atoms with van der Waals surface area (Å²) in [7, 11) is 0. The predicted molar refractivity (Wildman–Crippen MR) is 45.2 cm³/mol. The summed E-state index contributed by atoms with van der Waals surface area (Å²) in [5.74, 6) is 0.0648. The minimum atomic E-state index is 0.0648. The smallest absolute Gasteiger partial charge is 0.0315 e. The average molecular weight is 140 g/mol. The molecule has 0 saturated carbocycles. The van der Waals surface area contributed by atoms with Gasteiger partial charge in [0.15, 0.2) is 0 Å². The summed E-state index contributed by atoms with van der Waals surface area (Å²) in [6.07, 6.45) is 1.53. The van der Waals surface area contributed by atoms with Crippen LogP contribution in [0.25, 0.3) is 0 Å². The first-order chi connectivity index (χ1) is 4.63. The van der Waals surface area contributed by atoms with E-state index in [4.69, 9.17) is 10.8 Å². The van der Waals surface area contributed by atoms with Gasteiger partial charge in [0.05, 0.1) is 0 Å². The van der Waals surface area contributed by atoms with Crippen molar-refractivity contribution in [1.82, 2.24) is 0 Å². The van der Waals surface area contributed by atoms with Crippen LogP contribution < -0.4 is 0 Å². The van der Waals surface area contributed by atoms with Crippen LogP contribution in [0.3, 0.4) is 0 Å². The van der Waals surface area contributed by atoms with Gasteiger partial charge in [-0.2, -0.15) is 0 Å². The molecule has 0 aromatic heterocycles. The molecule has 0 aliphatic heterocycles. The quantitative estimate of drug-likeness (QED) is 0.564. The third-order valence-corrected chi connectivity index (χ3v) is 1.81.